The number of hydrogen-bond donors (Lipinski definition) is 1. The van der Waals surface area contributed by atoms with E-state index in [0.717, 1.165) is 38.6 Å². The molecule has 2 atom stereocenters. The topological polar surface area (TPSA) is 49.4 Å². The molecule has 1 heterocycles. The number of amides is 1. The van der Waals surface area contributed by atoms with Gasteiger partial charge in [-0.15, -0.1) is 0 Å². The number of rotatable bonds is 6. The molecule has 0 unspecified atom stereocenters. The second kappa shape index (κ2) is 6.51. The van der Waals surface area contributed by atoms with E-state index in [2.05, 4.69) is 17.1 Å². The summed E-state index contributed by atoms with van der Waals surface area (Å²) in [4.78, 5) is 25.9. The Morgan fingerprint density at radius 3 is 2.53 bits per heavy atom. The van der Waals surface area contributed by atoms with Crippen molar-refractivity contribution >= 4 is 11.7 Å². The highest BCUT2D eigenvalue weighted by Gasteiger charge is 2.38. The SMILES string of the molecule is CC[C@@H]1CCCN1C(=O)[C@@H](NCC(C)=O)C1CCC1. The fourth-order valence-corrected chi connectivity index (χ4v) is 3.21. The number of ketones is 1. The highest BCUT2D eigenvalue weighted by atomic mass is 16.2. The highest BCUT2D eigenvalue weighted by molar-refractivity contribution is 5.84. The molecule has 108 valence electrons. The monoisotopic (exact) mass is 266 g/mol. The van der Waals surface area contributed by atoms with E-state index in [1.807, 2.05) is 0 Å². The van der Waals surface area contributed by atoms with Gasteiger partial charge < -0.3 is 4.90 Å². The van der Waals surface area contributed by atoms with Crippen LogP contribution >= 0.6 is 0 Å². The number of nitrogens with zero attached hydrogens (tertiary/aromatic N) is 1. The van der Waals surface area contributed by atoms with Crippen LogP contribution in [0.15, 0.2) is 0 Å². The quantitative estimate of drug-likeness (QED) is 0.796. The van der Waals surface area contributed by atoms with E-state index < -0.39 is 0 Å². The number of likely N-dealkylation sites (tertiary alicyclic amines) is 1. The van der Waals surface area contributed by atoms with Crippen molar-refractivity contribution in [1.29, 1.82) is 0 Å². The summed E-state index contributed by atoms with van der Waals surface area (Å²) in [5.41, 5.74) is 0. The predicted molar refractivity (Wildman–Crippen MR) is 74.8 cm³/mol. The largest absolute Gasteiger partial charge is 0.338 e. The Labute approximate surface area is 115 Å². The molecule has 2 fully saturated rings. The van der Waals surface area contributed by atoms with Gasteiger partial charge in [0.05, 0.1) is 12.6 Å². The molecule has 4 heteroatoms. The lowest BCUT2D eigenvalue weighted by molar-refractivity contribution is -0.136. The molecule has 1 N–H and O–H groups in total. The molecule has 1 amide bonds. The van der Waals surface area contributed by atoms with Crippen molar-refractivity contribution in [2.75, 3.05) is 13.1 Å². The first-order valence-electron chi connectivity index (χ1n) is 7.66. The molecule has 1 saturated carbocycles. The van der Waals surface area contributed by atoms with Gasteiger partial charge in [-0.2, -0.15) is 0 Å². The molecule has 0 radical (unpaired) electrons. The van der Waals surface area contributed by atoms with Gasteiger partial charge in [0.1, 0.15) is 5.78 Å². The third kappa shape index (κ3) is 3.35. The van der Waals surface area contributed by atoms with Crippen LogP contribution in [-0.2, 0) is 9.59 Å². The van der Waals surface area contributed by atoms with E-state index in [9.17, 15) is 9.59 Å². The van der Waals surface area contributed by atoms with Crippen molar-refractivity contribution in [3.63, 3.8) is 0 Å². The maximum absolute atomic E-state index is 12.7. The smallest absolute Gasteiger partial charge is 0.240 e. The molecule has 0 aromatic carbocycles. The van der Waals surface area contributed by atoms with Crippen LogP contribution < -0.4 is 5.32 Å². The maximum Gasteiger partial charge on any atom is 0.240 e. The minimum Gasteiger partial charge on any atom is -0.338 e. The van der Waals surface area contributed by atoms with Crippen molar-refractivity contribution in [3.8, 4) is 0 Å². The van der Waals surface area contributed by atoms with Crippen molar-refractivity contribution in [2.45, 2.75) is 64.5 Å². The summed E-state index contributed by atoms with van der Waals surface area (Å²) in [5.74, 6) is 0.769. The van der Waals surface area contributed by atoms with Crippen LogP contribution in [0.1, 0.15) is 52.4 Å². The molecule has 2 aliphatic rings. The van der Waals surface area contributed by atoms with Gasteiger partial charge in [0.2, 0.25) is 5.91 Å². The lowest BCUT2D eigenvalue weighted by Crippen LogP contribution is -2.54. The molecule has 1 aliphatic carbocycles. The average Bonchev–Trinajstić information content (AvgIpc) is 2.78. The van der Waals surface area contributed by atoms with Crippen molar-refractivity contribution < 1.29 is 9.59 Å². The normalized spacial score (nSPS) is 25.2. The molecule has 0 bridgehead atoms. The van der Waals surface area contributed by atoms with Crippen molar-refractivity contribution in [3.05, 3.63) is 0 Å². The van der Waals surface area contributed by atoms with Crippen molar-refractivity contribution in [1.82, 2.24) is 10.2 Å². The molecular formula is C15H26N2O2. The first-order valence-corrected chi connectivity index (χ1v) is 7.66. The zero-order valence-electron chi connectivity index (χ0n) is 12.2. The number of carbonyl (C=O) groups excluding carboxylic acids is 2. The van der Waals surface area contributed by atoms with E-state index in [-0.39, 0.29) is 17.7 Å². The summed E-state index contributed by atoms with van der Waals surface area (Å²) in [7, 11) is 0. The van der Waals surface area contributed by atoms with Crippen LogP contribution in [0, 0.1) is 5.92 Å². The predicted octanol–water partition coefficient (Wildman–Crippen LogP) is 1.73. The van der Waals surface area contributed by atoms with Gasteiger partial charge in [-0.3, -0.25) is 14.9 Å². The van der Waals surface area contributed by atoms with Gasteiger partial charge in [-0.25, -0.2) is 0 Å². The van der Waals surface area contributed by atoms with Crippen LogP contribution in [0.5, 0.6) is 0 Å². The Balaban J connectivity index is 1.99. The Morgan fingerprint density at radius 1 is 1.26 bits per heavy atom. The third-order valence-corrected chi connectivity index (χ3v) is 4.59. The average molecular weight is 266 g/mol. The summed E-state index contributed by atoms with van der Waals surface area (Å²) in [6.07, 6.45) is 6.74. The molecule has 2 rings (SSSR count). The minimum absolute atomic E-state index is 0.102. The van der Waals surface area contributed by atoms with Crippen molar-refractivity contribution in [2.24, 2.45) is 5.92 Å². The number of nitrogens with one attached hydrogen (secondary N) is 1. The van der Waals surface area contributed by atoms with Gasteiger partial charge in [-0.05, 0) is 44.9 Å². The van der Waals surface area contributed by atoms with Gasteiger partial charge >= 0.3 is 0 Å². The second-order valence-electron chi connectivity index (χ2n) is 5.99. The fraction of sp³-hybridized carbons (Fsp3) is 0.867. The van der Waals surface area contributed by atoms with Crippen LogP contribution in [0.2, 0.25) is 0 Å². The molecule has 0 spiro atoms. The van der Waals surface area contributed by atoms with Gasteiger partial charge in [-0.1, -0.05) is 13.3 Å². The lowest BCUT2D eigenvalue weighted by atomic mass is 9.79. The summed E-state index contributed by atoms with van der Waals surface area (Å²) in [5, 5.41) is 3.20. The molecule has 0 aromatic rings. The summed E-state index contributed by atoms with van der Waals surface area (Å²) in [6, 6.07) is 0.277. The Bertz CT molecular complexity index is 339. The number of Topliss-reactive ketones (excluding diaryl/α,β-unsaturated/α-hetero) is 1. The lowest BCUT2D eigenvalue weighted by Gasteiger charge is -2.37. The Hall–Kier alpha value is -0.900. The van der Waals surface area contributed by atoms with Crippen LogP contribution in [-0.4, -0.2) is 41.8 Å². The zero-order chi connectivity index (χ0) is 13.8. The Morgan fingerprint density at radius 2 is 2.00 bits per heavy atom. The molecule has 1 aliphatic heterocycles. The molecular weight excluding hydrogens is 240 g/mol. The Kier molecular flexibility index (Phi) is 4.97. The van der Waals surface area contributed by atoms with Gasteiger partial charge in [0.25, 0.3) is 0 Å². The van der Waals surface area contributed by atoms with E-state index in [4.69, 9.17) is 0 Å². The van der Waals surface area contributed by atoms with Gasteiger partial charge in [0, 0.05) is 12.6 Å². The van der Waals surface area contributed by atoms with Crippen LogP contribution in [0.25, 0.3) is 0 Å². The van der Waals surface area contributed by atoms with E-state index in [1.165, 1.54) is 6.42 Å². The first kappa shape index (κ1) is 14.5. The summed E-state index contributed by atoms with van der Waals surface area (Å²) < 4.78 is 0. The summed E-state index contributed by atoms with van der Waals surface area (Å²) in [6.45, 7) is 4.93. The highest BCUT2D eigenvalue weighted by Crippen LogP contribution is 2.32. The van der Waals surface area contributed by atoms with Crippen LogP contribution in [0.3, 0.4) is 0 Å². The van der Waals surface area contributed by atoms with Gasteiger partial charge in [0.15, 0.2) is 0 Å². The third-order valence-electron chi connectivity index (χ3n) is 4.59. The van der Waals surface area contributed by atoms with E-state index >= 15 is 0 Å². The van der Waals surface area contributed by atoms with E-state index in [0.29, 0.717) is 18.5 Å². The molecule has 19 heavy (non-hydrogen) atoms. The standard InChI is InChI=1S/C15H26N2O2/c1-3-13-8-5-9-17(13)15(19)14(12-6-4-7-12)16-10-11(2)18/h12-14,16H,3-10H2,1-2H3/t13-,14+/m1/s1. The maximum atomic E-state index is 12.7. The minimum atomic E-state index is -0.134. The number of hydrogen-bond acceptors (Lipinski definition) is 3. The second-order valence-corrected chi connectivity index (χ2v) is 5.99. The zero-order valence-corrected chi connectivity index (χ0v) is 12.2. The molecule has 1 saturated heterocycles. The fourth-order valence-electron chi connectivity index (χ4n) is 3.21. The summed E-state index contributed by atoms with van der Waals surface area (Å²) >= 11 is 0. The first-order chi connectivity index (χ1) is 9.13. The molecule has 0 aromatic heterocycles. The number of carbonyl (C=O) groups is 2. The van der Waals surface area contributed by atoms with E-state index in [1.54, 1.807) is 6.92 Å². The molecule has 4 nitrogen and oxygen atoms in total. The van der Waals surface area contributed by atoms with Crippen LogP contribution in [0.4, 0.5) is 0 Å².